The van der Waals surface area contributed by atoms with Gasteiger partial charge in [-0.25, -0.2) is 0 Å². The van der Waals surface area contributed by atoms with E-state index in [-0.39, 0.29) is 11.1 Å². The number of amides is 2. The highest BCUT2D eigenvalue weighted by atomic mass is 32.2. The Morgan fingerprint density at radius 2 is 2.14 bits per heavy atom. The smallest absolute Gasteiger partial charge is 0.279 e. The number of carbonyl (C=O) groups is 2. The van der Waals surface area contributed by atoms with Crippen LogP contribution in [0.2, 0.25) is 0 Å². The van der Waals surface area contributed by atoms with Crippen molar-refractivity contribution in [1.29, 1.82) is 0 Å². The Kier molecular flexibility index (Phi) is 3.92. The number of H-pyrrole nitrogens is 1. The predicted octanol–water partition coefficient (Wildman–Crippen LogP) is 1.52. The molecule has 0 radical (unpaired) electrons. The van der Waals surface area contributed by atoms with Crippen molar-refractivity contribution in [3.8, 4) is 11.3 Å². The zero-order valence-electron chi connectivity index (χ0n) is 11.1. The van der Waals surface area contributed by atoms with Gasteiger partial charge in [-0.3, -0.25) is 14.7 Å². The lowest BCUT2D eigenvalue weighted by molar-refractivity contribution is -0.122. The fourth-order valence-electron chi connectivity index (χ4n) is 2.06. The fourth-order valence-corrected chi connectivity index (χ4v) is 2.84. The summed E-state index contributed by atoms with van der Waals surface area (Å²) in [4.78, 5) is 22.9. The van der Waals surface area contributed by atoms with Crippen LogP contribution in [0.1, 0.15) is 5.56 Å². The summed E-state index contributed by atoms with van der Waals surface area (Å²) in [5, 5.41) is 12.1. The molecule has 1 aromatic heterocycles. The average Bonchev–Trinajstić information content (AvgIpc) is 3.16. The van der Waals surface area contributed by atoms with E-state index >= 15 is 0 Å². The van der Waals surface area contributed by atoms with Crippen molar-refractivity contribution in [1.82, 2.24) is 20.8 Å². The van der Waals surface area contributed by atoms with Crippen molar-refractivity contribution in [3.05, 3.63) is 42.1 Å². The molecule has 3 N–H and O–H groups in total. The molecule has 1 atom stereocenters. The molecule has 3 rings (SSSR count). The minimum Gasteiger partial charge on any atom is -0.350 e. The molecule has 2 aromatic rings. The maximum absolute atomic E-state index is 11.9. The van der Waals surface area contributed by atoms with E-state index in [4.69, 9.17) is 0 Å². The van der Waals surface area contributed by atoms with E-state index in [1.807, 2.05) is 30.3 Å². The van der Waals surface area contributed by atoms with Crippen LogP contribution in [-0.2, 0) is 11.3 Å². The van der Waals surface area contributed by atoms with Gasteiger partial charge in [-0.15, -0.1) is 0 Å². The summed E-state index contributed by atoms with van der Waals surface area (Å²) in [6.45, 7) is 0.444. The Bertz CT molecular complexity index is 640. The van der Waals surface area contributed by atoms with Gasteiger partial charge in [0.2, 0.25) is 5.91 Å². The number of rotatable bonds is 4. The van der Waals surface area contributed by atoms with Crippen molar-refractivity contribution in [2.24, 2.45) is 0 Å². The Hall–Kier alpha value is -2.28. The Balaban J connectivity index is 1.56. The number of benzene rings is 1. The van der Waals surface area contributed by atoms with Crippen molar-refractivity contribution >= 4 is 22.9 Å². The first-order valence-electron chi connectivity index (χ1n) is 6.52. The maximum Gasteiger partial charge on any atom is 0.279 e. The van der Waals surface area contributed by atoms with Crippen molar-refractivity contribution < 1.29 is 9.59 Å². The molecule has 1 aliphatic rings. The lowest BCUT2D eigenvalue weighted by Crippen LogP contribution is -2.42. The molecular weight excluding hydrogens is 288 g/mol. The molecule has 2 amide bonds. The van der Waals surface area contributed by atoms with Gasteiger partial charge in [0.15, 0.2) is 0 Å². The molecule has 108 valence electrons. The number of hydrogen-bond acceptors (Lipinski definition) is 4. The average molecular weight is 302 g/mol. The van der Waals surface area contributed by atoms with E-state index in [2.05, 4.69) is 20.8 Å². The standard InChI is InChI=1S/C14H14N4O2S/c19-13(12-8-21-14(20)17-12)15-7-9-1-3-10(4-2-9)11-5-6-16-18-11/h1-6,12H,7-8H2,(H,15,19)(H,16,18)(H,17,20). The molecule has 0 aliphatic carbocycles. The van der Waals surface area contributed by atoms with E-state index < -0.39 is 6.04 Å². The van der Waals surface area contributed by atoms with Crippen LogP contribution in [0.4, 0.5) is 4.79 Å². The molecule has 0 saturated carbocycles. The molecule has 21 heavy (non-hydrogen) atoms. The first kappa shape index (κ1) is 13.7. The van der Waals surface area contributed by atoms with E-state index in [0.717, 1.165) is 28.6 Å². The zero-order chi connectivity index (χ0) is 14.7. The van der Waals surface area contributed by atoms with Gasteiger partial charge in [-0.05, 0) is 17.2 Å². The minimum absolute atomic E-state index is 0.140. The predicted molar refractivity (Wildman–Crippen MR) is 80.6 cm³/mol. The van der Waals surface area contributed by atoms with Gasteiger partial charge in [0.25, 0.3) is 5.24 Å². The van der Waals surface area contributed by atoms with Gasteiger partial charge in [0, 0.05) is 18.5 Å². The molecule has 1 saturated heterocycles. The molecule has 1 aliphatic heterocycles. The SMILES string of the molecule is O=C1NC(C(=O)NCc2ccc(-c3ccn[nH]3)cc2)CS1. The van der Waals surface area contributed by atoms with Crippen molar-refractivity contribution in [3.63, 3.8) is 0 Å². The number of thioether (sulfide) groups is 1. The van der Waals surface area contributed by atoms with Crippen LogP contribution >= 0.6 is 11.8 Å². The Labute approximate surface area is 125 Å². The summed E-state index contributed by atoms with van der Waals surface area (Å²) in [5.41, 5.74) is 3.00. The van der Waals surface area contributed by atoms with Gasteiger partial charge in [0.05, 0.1) is 5.69 Å². The van der Waals surface area contributed by atoms with Gasteiger partial charge >= 0.3 is 0 Å². The van der Waals surface area contributed by atoms with E-state index in [9.17, 15) is 9.59 Å². The van der Waals surface area contributed by atoms with E-state index in [1.54, 1.807) is 6.20 Å². The number of aromatic nitrogens is 2. The van der Waals surface area contributed by atoms with Crippen LogP contribution in [0.5, 0.6) is 0 Å². The quantitative estimate of drug-likeness (QED) is 0.799. The van der Waals surface area contributed by atoms with Crippen LogP contribution < -0.4 is 10.6 Å². The van der Waals surface area contributed by atoms with Crippen LogP contribution in [0.15, 0.2) is 36.5 Å². The second kappa shape index (κ2) is 6.01. The van der Waals surface area contributed by atoms with Crippen molar-refractivity contribution in [2.75, 3.05) is 5.75 Å². The highest BCUT2D eigenvalue weighted by Crippen LogP contribution is 2.17. The summed E-state index contributed by atoms with van der Waals surface area (Å²) in [7, 11) is 0. The van der Waals surface area contributed by atoms with Crippen molar-refractivity contribution in [2.45, 2.75) is 12.6 Å². The normalized spacial score (nSPS) is 17.5. The summed E-state index contributed by atoms with van der Waals surface area (Å²) in [5.74, 6) is 0.342. The van der Waals surface area contributed by atoms with Crippen LogP contribution in [-0.4, -0.2) is 33.1 Å². The molecule has 0 bridgehead atoms. The van der Waals surface area contributed by atoms with E-state index in [0.29, 0.717) is 12.3 Å². The van der Waals surface area contributed by atoms with Gasteiger partial charge in [-0.2, -0.15) is 5.10 Å². The second-order valence-electron chi connectivity index (χ2n) is 4.68. The largest absolute Gasteiger partial charge is 0.350 e. The van der Waals surface area contributed by atoms with Crippen LogP contribution in [0.3, 0.4) is 0 Å². The highest BCUT2D eigenvalue weighted by molar-refractivity contribution is 8.14. The van der Waals surface area contributed by atoms with Crippen LogP contribution in [0, 0.1) is 0 Å². The molecule has 1 fully saturated rings. The fraction of sp³-hybridized carbons (Fsp3) is 0.214. The monoisotopic (exact) mass is 302 g/mol. The van der Waals surface area contributed by atoms with Gasteiger partial charge in [-0.1, -0.05) is 36.0 Å². The lowest BCUT2D eigenvalue weighted by Gasteiger charge is -2.10. The molecule has 6 nitrogen and oxygen atoms in total. The first-order chi connectivity index (χ1) is 10.2. The van der Waals surface area contributed by atoms with Crippen LogP contribution in [0.25, 0.3) is 11.3 Å². The summed E-state index contributed by atoms with van der Waals surface area (Å²) >= 11 is 1.14. The number of aromatic amines is 1. The maximum atomic E-state index is 11.9. The van der Waals surface area contributed by atoms with E-state index in [1.165, 1.54) is 0 Å². The number of hydrogen-bond donors (Lipinski definition) is 3. The summed E-state index contributed by atoms with van der Waals surface area (Å²) < 4.78 is 0. The van der Waals surface area contributed by atoms with Gasteiger partial charge in [0.1, 0.15) is 6.04 Å². The Morgan fingerprint density at radius 3 is 2.76 bits per heavy atom. The topological polar surface area (TPSA) is 86.9 Å². The molecule has 1 unspecified atom stereocenters. The number of nitrogens with one attached hydrogen (secondary N) is 3. The third-order valence-electron chi connectivity index (χ3n) is 3.22. The highest BCUT2D eigenvalue weighted by Gasteiger charge is 2.27. The summed E-state index contributed by atoms with van der Waals surface area (Å²) in [6.07, 6.45) is 1.71. The number of carbonyl (C=O) groups excluding carboxylic acids is 2. The Morgan fingerprint density at radius 1 is 1.33 bits per heavy atom. The molecule has 2 heterocycles. The summed E-state index contributed by atoms with van der Waals surface area (Å²) in [6, 6.07) is 9.34. The lowest BCUT2D eigenvalue weighted by atomic mass is 10.1. The third kappa shape index (κ3) is 3.25. The molecular formula is C14H14N4O2S. The molecule has 0 spiro atoms. The minimum atomic E-state index is -0.424. The number of nitrogens with zero attached hydrogens (tertiary/aromatic N) is 1. The molecule has 1 aromatic carbocycles. The third-order valence-corrected chi connectivity index (χ3v) is 4.10. The zero-order valence-corrected chi connectivity index (χ0v) is 11.9. The first-order valence-corrected chi connectivity index (χ1v) is 7.50. The second-order valence-corrected chi connectivity index (χ2v) is 5.67. The van der Waals surface area contributed by atoms with Gasteiger partial charge < -0.3 is 10.6 Å². The molecule has 7 heteroatoms.